The number of nitrogens with one attached hydrogen (secondary N) is 1. The van der Waals surface area contributed by atoms with Gasteiger partial charge >= 0.3 is 0 Å². The molecule has 0 bridgehead atoms. The first-order valence-electron chi connectivity index (χ1n) is 11.1. The highest BCUT2D eigenvalue weighted by Crippen LogP contribution is 2.29. The number of pyridine rings is 1. The zero-order chi connectivity index (χ0) is 24.5. The van der Waals surface area contributed by atoms with E-state index in [4.69, 9.17) is 16.6 Å². The first-order valence-corrected chi connectivity index (χ1v) is 11.5. The summed E-state index contributed by atoms with van der Waals surface area (Å²) in [5, 5.41) is 19.4. The molecule has 0 fully saturated rings. The number of fused-ring (bicyclic) bond motifs is 1. The molecule has 0 aliphatic rings. The van der Waals surface area contributed by atoms with E-state index < -0.39 is 0 Å². The maximum absolute atomic E-state index is 9.81. The van der Waals surface area contributed by atoms with Crippen molar-refractivity contribution in [2.45, 2.75) is 27.2 Å². The van der Waals surface area contributed by atoms with E-state index in [1.54, 1.807) is 4.68 Å². The van der Waals surface area contributed by atoms with Gasteiger partial charge in [0.1, 0.15) is 23.3 Å². The van der Waals surface area contributed by atoms with E-state index in [1.165, 1.54) is 6.20 Å². The van der Waals surface area contributed by atoms with E-state index in [1.807, 2.05) is 75.4 Å². The fourth-order valence-electron chi connectivity index (χ4n) is 4.13. The first-order chi connectivity index (χ1) is 16.9. The van der Waals surface area contributed by atoms with Crippen LogP contribution in [0.2, 0.25) is 5.02 Å². The summed E-state index contributed by atoms with van der Waals surface area (Å²) in [6.45, 7) is 5.85. The van der Waals surface area contributed by atoms with Gasteiger partial charge in [-0.05, 0) is 56.2 Å². The van der Waals surface area contributed by atoms with Crippen LogP contribution in [-0.2, 0) is 6.42 Å². The van der Waals surface area contributed by atoms with Crippen molar-refractivity contribution >= 4 is 34.1 Å². The van der Waals surface area contributed by atoms with E-state index in [0.717, 1.165) is 33.3 Å². The lowest BCUT2D eigenvalue weighted by atomic mass is 10.0. The van der Waals surface area contributed by atoms with Gasteiger partial charge in [0.25, 0.3) is 0 Å². The molecule has 0 unspecified atom stereocenters. The van der Waals surface area contributed by atoms with E-state index >= 15 is 0 Å². The van der Waals surface area contributed by atoms with Gasteiger partial charge in [0.15, 0.2) is 11.6 Å². The molecule has 3 aromatic heterocycles. The standard InChI is InChI=1S/C27H22ClN7/c1-16-12-25(33-24-7-5-4-6-22(16)24)35-27(20(14-29)15-30-35)34-26-23(17(2)31-18(3)32-26)13-19-8-10-21(28)11-9-19/h4-12,15H,13H2,1-3H3,(H,31,32,34). The molecule has 0 amide bonds. The molecule has 35 heavy (non-hydrogen) atoms. The number of nitrogens with zero attached hydrogens (tertiary/aromatic N) is 6. The lowest BCUT2D eigenvalue weighted by Crippen LogP contribution is -2.11. The topological polar surface area (TPSA) is 92.3 Å². The Kier molecular flexibility index (Phi) is 5.89. The second-order valence-corrected chi connectivity index (χ2v) is 8.79. The van der Waals surface area contributed by atoms with Crippen molar-refractivity contribution in [1.29, 1.82) is 5.26 Å². The van der Waals surface area contributed by atoms with Crippen molar-refractivity contribution in [3.05, 3.63) is 99.6 Å². The summed E-state index contributed by atoms with van der Waals surface area (Å²) < 4.78 is 1.65. The lowest BCUT2D eigenvalue weighted by Gasteiger charge is -2.16. The number of para-hydroxylation sites is 1. The molecule has 0 aliphatic carbocycles. The normalized spacial score (nSPS) is 10.9. The number of anilines is 2. The van der Waals surface area contributed by atoms with Crippen LogP contribution < -0.4 is 5.32 Å². The highest BCUT2D eigenvalue weighted by atomic mass is 35.5. The molecule has 0 atom stereocenters. The average Bonchev–Trinajstić information content (AvgIpc) is 3.25. The van der Waals surface area contributed by atoms with Crippen molar-refractivity contribution in [1.82, 2.24) is 24.7 Å². The number of rotatable bonds is 5. The van der Waals surface area contributed by atoms with E-state index in [-0.39, 0.29) is 0 Å². The third-order valence-corrected chi connectivity index (χ3v) is 6.12. The van der Waals surface area contributed by atoms with E-state index in [9.17, 15) is 5.26 Å². The van der Waals surface area contributed by atoms with Gasteiger partial charge in [-0.2, -0.15) is 15.0 Å². The smallest absolute Gasteiger partial charge is 0.156 e. The van der Waals surface area contributed by atoms with Crippen molar-refractivity contribution in [3.8, 4) is 11.9 Å². The van der Waals surface area contributed by atoms with Gasteiger partial charge in [0.2, 0.25) is 0 Å². The van der Waals surface area contributed by atoms with Crippen LogP contribution >= 0.6 is 11.6 Å². The minimum Gasteiger partial charge on any atom is -0.323 e. The van der Waals surface area contributed by atoms with Gasteiger partial charge in [-0.3, -0.25) is 0 Å². The molecule has 5 rings (SSSR count). The largest absolute Gasteiger partial charge is 0.323 e. The average molecular weight is 480 g/mol. The fourth-order valence-corrected chi connectivity index (χ4v) is 4.26. The molecule has 3 heterocycles. The molecule has 0 spiro atoms. The Morgan fingerprint density at radius 1 is 1.00 bits per heavy atom. The minimum absolute atomic E-state index is 0.393. The zero-order valence-corrected chi connectivity index (χ0v) is 20.3. The molecule has 0 saturated heterocycles. The van der Waals surface area contributed by atoms with Crippen LogP contribution in [0.25, 0.3) is 16.7 Å². The van der Waals surface area contributed by atoms with E-state index in [0.29, 0.717) is 40.3 Å². The Bertz CT molecular complexity index is 1600. The lowest BCUT2D eigenvalue weighted by molar-refractivity contribution is 0.855. The number of aryl methyl sites for hydroxylation is 3. The second kappa shape index (κ2) is 9.16. The third kappa shape index (κ3) is 4.44. The van der Waals surface area contributed by atoms with Crippen LogP contribution in [0.15, 0.2) is 60.8 Å². The zero-order valence-electron chi connectivity index (χ0n) is 19.5. The SMILES string of the molecule is Cc1nc(C)c(Cc2ccc(Cl)cc2)c(Nc2c(C#N)cnn2-c2cc(C)c3ccccc3n2)n1. The Morgan fingerprint density at radius 2 is 1.77 bits per heavy atom. The summed E-state index contributed by atoms with van der Waals surface area (Å²) in [5.74, 6) is 2.38. The Labute approximate surface area is 208 Å². The molecule has 172 valence electrons. The molecule has 0 radical (unpaired) electrons. The Morgan fingerprint density at radius 3 is 2.54 bits per heavy atom. The number of nitriles is 1. The molecule has 2 aromatic carbocycles. The number of aromatic nitrogens is 5. The summed E-state index contributed by atoms with van der Waals surface area (Å²) in [5.41, 5.74) is 5.19. The third-order valence-electron chi connectivity index (χ3n) is 5.87. The van der Waals surface area contributed by atoms with Crippen LogP contribution in [0.4, 0.5) is 11.6 Å². The van der Waals surface area contributed by atoms with Gasteiger partial charge in [-0.1, -0.05) is 41.9 Å². The van der Waals surface area contributed by atoms with Crippen LogP contribution in [0.1, 0.15) is 33.8 Å². The monoisotopic (exact) mass is 479 g/mol. The van der Waals surface area contributed by atoms with E-state index in [2.05, 4.69) is 26.5 Å². The first kappa shape index (κ1) is 22.5. The molecular formula is C27H22ClN7. The number of hydrogen-bond donors (Lipinski definition) is 1. The number of benzene rings is 2. The van der Waals surface area contributed by atoms with Crippen LogP contribution in [0, 0.1) is 32.1 Å². The Hall–Kier alpha value is -4.28. The van der Waals surface area contributed by atoms with Crippen LogP contribution in [-0.4, -0.2) is 24.7 Å². The van der Waals surface area contributed by atoms with Gasteiger partial charge < -0.3 is 5.32 Å². The highest BCUT2D eigenvalue weighted by Gasteiger charge is 2.19. The summed E-state index contributed by atoms with van der Waals surface area (Å²) in [6, 6.07) is 19.9. The summed E-state index contributed by atoms with van der Waals surface area (Å²) >= 11 is 6.07. The van der Waals surface area contributed by atoms with Crippen LogP contribution in [0.5, 0.6) is 0 Å². The Balaban J connectivity index is 1.61. The molecule has 5 aromatic rings. The molecule has 0 aliphatic heterocycles. The predicted octanol–water partition coefficient (Wildman–Crippen LogP) is 6.00. The molecule has 0 saturated carbocycles. The molecule has 1 N–H and O–H groups in total. The molecule has 8 heteroatoms. The molecule has 7 nitrogen and oxygen atoms in total. The van der Waals surface area contributed by atoms with Gasteiger partial charge in [0, 0.05) is 28.1 Å². The van der Waals surface area contributed by atoms with Crippen molar-refractivity contribution in [2.24, 2.45) is 0 Å². The maximum Gasteiger partial charge on any atom is 0.156 e. The van der Waals surface area contributed by atoms with Crippen LogP contribution in [0.3, 0.4) is 0 Å². The van der Waals surface area contributed by atoms with Crippen molar-refractivity contribution < 1.29 is 0 Å². The predicted molar refractivity (Wildman–Crippen MR) is 137 cm³/mol. The fraction of sp³-hybridized carbons (Fsp3) is 0.148. The van der Waals surface area contributed by atoms with Gasteiger partial charge in [0.05, 0.1) is 11.7 Å². The quantitative estimate of drug-likeness (QED) is 0.332. The van der Waals surface area contributed by atoms with Gasteiger partial charge in [-0.15, -0.1) is 0 Å². The summed E-state index contributed by atoms with van der Waals surface area (Å²) in [7, 11) is 0. The maximum atomic E-state index is 9.81. The minimum atomic E-state index is 0.393. The van der Waals surface area contributed by atoms with Crippen molar-refractivity contribution in [2.75, 3.05) is 5.32 Å². The highest BCUT2D eigenvalue weighted by molar-refractivity contribution is 6.30. The number of halogens is 1. The second-order valence-electron chi connectivity index (χ2n) is 8.36. The van der Waals surface area contributed by atoms with Crippen molar-refractivity contribution in [3.63, 3.8) is 0 Å². The summed E-state index contributed by atoms with van der Waals surface area (Å²) in [4.78, 5) is 14.0. The molecular weight excluding hydrogens is 458 g/mol. The summed E-state index contributed by atoms with van der Waals surface area (Å²) in [6.07, 6.45) is 2.14. The van der Waals surface area contributed by atoms with Gasteiger partial charge in [-0.25, -0.2) is 15.0 Å². The number of hydrogen-bond acceptors (Lipinski definition) is 6.